The molecule has 6 nitrogen and oxygen atoms in total. The Morgan fingerprint density at radius 3 is 2.87 bits per heavy atom. The Bertz CT molecular complexity index is 341. The normalized spacial score (nSPS) is 26.1. The van der Waals surface area contributed by atoms with Crippen molar-refractivity contribution >= 4 is 12.1 Å². The molecule has 0 amide bonds. The molecule has 1 aliphatic heterocycles. The molecule has 80 valence electrons. The molecule has 0 bridgehead atoms. The van der Waals surface area contributed by atoms with Crippen molar-refractivity contribution in [1.82, 2.24) is 0 Å². The van der Waals surface area contributed by atoms with Crippen LogP contribution < -0.4 is 0 Å². The first-order valence-corrected chi connectivity index (χ1v) is 4.58. The van der Waals surface area contributed by atoms with E-state index in [9.17, 15) is 9.59 Å². The molecule has 1 heterocycles. The van der Waals surface area contributed by atoms with Gasteiger partial charge in [0.15, 0.2) is 11.5 Å². The zero-order valence-electron chi connectivity index (χ0n) is 7.89. The molecule has 0 N–H and O–H groups in total. The van der Waals surface area contributed by atoms with Gasteiger partial charge in [-0.1, -0.05) is 0 Å². The zero-order valence-corrected chi connectivity index (χ0v) is 7.89. The minimum Gasteiger partial charge on any atom is -0.460 e. The van der Waals surface area contributed by atoms with Crippen LogP contribution in [-0.2, 0) is 19.0 Å². The topological polar surface area (TPSA) is 85.6 Å². The van der Waals surface area contributed by atoms with E-state index in [1.165, 1.54) is 0 Å². The fourth-order valence-electron chi connectivity index (χ4n) is 1.24. The van der Waals surface area contributed by atoms with Crippen molar-refractivity contribution in [1.29, 1.82) is 5.26 Å². The van der Waals surface area contributed by atoms with Crippen LogP contribution in [0.25, 0.3) is 0 Å². The predicted molar refractivity (Wildman–Crippen MR) is 44.5 cm³/mol. The van der Waals surface area contributed by atoms with E-state index in [0.717, 1.165) is 0 Å². The van der Waals surface area contributed by atoms with Crippen LogP contribution in [0, 0.1) is 16.7 Å². The first kappa shape index (κ1) is 9.77. The van der Waals surface area contributed by atoms with Gasteiger partial charge in [0, 0.05) is 0 Å². The highest BCUT2D eigenvalue weighted by Gasteiger charge is 2.52. The quantitative estimate of drug-likeness (QED) is 0.627. The second kappa shape index (κ2) is 3.42. The summed E-state index contributed by atoms with van der Waals surface area (Å²) < 4.78 is 14.0. The van der Waals surface area contributed by atoms with Crippen molar-refractivity contribution in [2.75, 3.05) is 13.2 Å². The lowest BCUT2D eigenvalue weighted by atomic mass is 10.1. The smallest absolute Gasteiger partial charge is 0.460 e. The summed E-state index contributed by atoms with van der Waals surface area (Å²) in [4.78, 5) is 21.9. The van der Waals surface area contributed by atoms with Crippen LogP contribution in [0.4, 0.5) is 4.79 Å². The van der Waals surface area contributed by atoms with Gasteiger partial charge in [-0.3, -0.25) is 4.79 Å². The van der Waals surface area contributed by atoms with Gasteiger partial charge in [-0.05, 0) is 12.8 Å². The molecule has 1 saturated heterocycles. The third kappa shape index (κ3) is 1.86. The molecule has 0 aromatic rings. The van der Waals surface area contributed by atoms with Crippen molar-refractivity contribution < 1.29 is 23.8 Å². The zero-order chi connectivity index (χ0) is 10.9. The molecule has 2 aliphatic rings. The van der Waals surface area contributed by atoms with Crippen molar-refractivity contribution in [3.05, 3.63) is 0 Å². The second-order valence-corrected chi connectivity index (χ2v) is 3.59. The molecule has 2 rings (SSSR count). The van der Waals surface area contributed by atoms with Crippen molar-refractivity contribution in [2.45, 2.75) is 18.9 Å². The van der Waals surface area contributed by atoms with Crippen LogP contribution in [-0.4, -0.2) is 31.4 Å². The van der Waals surface area contributed by atoms with E-state index in [1.807, 2.05) is 6.07 Å². The van der Waals surface area contributed by atoms with Gasteiger partial charge in [-0.2, -0.15) is 5.26 Å². The number of ether oxygens (including phenoxy) is 3. The highest BCUT2D eigenvalue weighted by atomic mass is 16.8. The van der Waals surface area contributed by atoms with Gasteiger partial charge in [-0.15, -0.1) is 0 Å². The lowest BCUT2D eigenvalue weighted by Gasteiger charge is -2.09. The van der Waals surface area contributed by atoms with Crippen molar-refractivity contribution in [3.63, 3.8) is 0 Å². The maximum atomic E-state index is 11.4. The number of carbonyl (C=O) groups excluding carboxylic acids is 2. The van der Waals surface area contributed by atoms with Gasteiger partial charge in [0.05, 0.1) is 6.07 Å². The maximum absolute atomic E-state index is 11.4. The van der Waals surface area contributed by atoms with Gasteiger partial charge >= 0.3 is 12.1 Å². The molecule has 2 fully saturated rings. The summed E-state index contributed by atoms with van der Waals surface area (Å²) in [5.41, 5.74) is -0.941. The summed E-state index contributed by atoms with van der Waals surface area (Å²) in [7, 11) is 0. The number of nitrogens with zero attached hydrogens (tertiary/aromatic N) is 1. The molecule has 1 aliphatic carbocycles. The van der Waals surface area contributed by atoms with E-state index in [4.69, 9.17) is 10.00 Å². The fraction of sp³-hybridized carbons (Fsp3) is 0.667. The van der Waals surface area contributed by atoms with E-state index in [2.05, 4.69) is 9.47 Å². The van der Waals surface area contributed by atoms with E-state index in [1.54, 1.807) is 0 Å². The SMILES string of the molecule is N#CC1(C(=O)OCC2COC(=O)O2)CC1. The van der Waals surface area contributed by atoms with E-state index in [-0.39, 0.29) is 13.2 Å². The molecule has 15 heavy (non-hydrogen) atoms. The molecule has 0 spiro atoms. The Hall–Kier alpha value is -1.77. The molecule has 1 saturated carbocycles. The lowest BCUT2D eigenvalue weighted by molar-refractivity contribution is -0.150. The number of rotatable bonds is 3. The van der Waals surface area contributed by atoms with Gasteiger partial charge in [0.1, 0.15) is 13.2 Å². The number of cyclic esters (lactones) is 2. The molecule has 6 heteroatoms. The summed E-state index contributed by atoms with van der Waals surface area (Å²) in [6.45, 7) is 0.0413. The van der Waals surface area contributed by atoms with Crippen LogP contribution in [0.3, 0.4) is 0 Å². The number of esters is 1. The Labute approximate surface area is 85.7 Å². The summed E-state index contributed by atoms with van der Waals surface area (Å²) >= 11 is 0. The molecule has 0 aromatic carbocycles. The molecule has 0 radical (unpaired) electrons. The maximum Gasteiger partial charge on any atom is 0.508 e. The molecule has 0 aromatic heterocycles. The Morgan fingerprint density at radius 2 is 2.40 bits per heavy atom. The average Bonchev–Trinajstić information content (AvgIpc) is 2.93. The molecular formula is C9H9NO5. The highest BCUT2D eigenvalue weighted by Crippen LogP contribution is 2.45. The Balaban J connectivity index is 1.77. The predicted octanol–water partition coefficient (Wildman–Crippen LogP) is 0.369. The van der Waals surface area contributed by atoms with Crippen molar-refractivity contribution in [3.8, 4) is 6.07 Å². The fourth-order valence-corrected chi connectivity index (χ4v) is 1.24. The van der Waals surface area contributed by atoms with Crippen LogP contribution in [0.2, 0.25) is 0 Å². The average molecular weight is 211 g/mol. The Morgan fingerprint density at radius 1 is 1.67 bits per heavy atom. The van der Waals surface area contributed by atoms with Crippen molar-refractivity contribution in [2.24, 2.45) is 5.41 Å². The molecule has 1 unspecified atom stereocenters. The number of nitriles is 1. The third-order valence-electron chi connectivity index (χ3n) is 2.41. The monoisotopic (exact) mass is 211 g/mol. The van der Waals surface area contributed by atoms with Crippen LogP contribution in [0.5, 0.6) is 0 Å². The number of hydrogen-bond acceptors (Lipinski definition) is 6. The second-order valence-electron chi connectivity index (χ2n) is 3.59. The summed E-state index contributed by atoms with van der Waals surface area (Å²) in [6.07, 6.45) is -0.208. The third-order valence-corrected chi connectivity index (χ3v) is 2.41. The standard InChI is InChI=1S/C9H9NO5/c10-5-9(1-2-9)7(11)13-3-6-4-14-8(12)15-6/h6H,1-4H2. The minimum absolute atomic E-state index is 0.0476. The summed E-state index contributed by atoms with van der Waals surface area (Å²) in [5.74, 6) is -0.534. The summed E-state index contributed by atoms with van der Waals surface area (Å²) in [5, 5.41) is 8.70. The van der Waals surface area contributed by atoms with Crippen LogP contribution in [0.15, 0.2) is 0 Å². The lowest BCUT2D eigenvalue weighted by Crippen LogP contribution is -2.25. The molecular weight excluding hydrogens is 202 g/mol. The van der Waals surface area contributed by atoms with Gasteiger partial charge in [0.25, 0.3) is 0 Å². The number of hydrogen-bond donors (Lipinski definition) is 0. The van der Waals surface area contributed by atoms with E-state index < -0.39 is 23.6 Å². The first-order valence-electron chi connectivity index (χ1n) is 4.58. The van der Waals surface area contributed by atoms with E-state index >= 15 is 0 Å². The highest BCUT2D eigenvalue weighted by molar-refractivity contribution is 5.83. The Kier molecular flexibility index (Phi) is 2.23. The number of carbonyl (C=O) groups is 2. The minimum atomic E-state index is -0.941. The summed E-state index contributed by atoms with van der Waals surface area (Å²) in [6, 6.07) is 1.92. The van der Waals surface area contributed by atoms with Gasteiger partial charge < -0.3 is 14.2 Å². The van der Waals surface area contributed by atoms with Crippen LogP contribution >= 0.6 is 0 Å². The van der Waals surface area contributed by atoms with Gasteiger partial charge in [0.2, 0.25) is 0 Å². The largest absolute Gasteiger partial charge is 0.508 e. The molecule has 1 atom stereocenters. The van der Waals surface area contributed by atoms with Crippen LogP contribution in [0.1, 0.15) is 12.8 Å². The first-order chi connectivity index (χ1) is 7.16. The van der Waals surface area contributed by atoms with E-state index in [0.29, 0.717) is 12.8 Å². The van der Waals surface area contributed by atoms with Gasteiger partial charge in [-0.25, -0.2) is 4.79 Å².